The Kier molecular flexibility index (Phi) is 7.03. The van der Waals surface area contributed by atoms with Gasteiger partial charge in [0.2, 0.25) is 5.91 Å². The van der Waals surface area contributed by atoms with Crippen LogP contribution in [-0.4, -0.2) is 31.7 Å². The molecule has 0 atom stereocenters. The third-order valence-corrected chi connectivity index (χ3v) is 5.43. The molecule has 7 heteroatoms. The molecule has 0 fully saturated rings. The van der Waals surface area contributed by atoms with Crippen LogP contribution in [0.5, 0.6) is 5.75 Å². The molecule has 0 spiro atoms. The van der Waals surface area contributed by atoms with Crippen molar-refractivity contribution < 1.29 is 18.3 Å². The lowest BCUT2D eigenvalue weighted by Crippen LogP contribution is -2.23. The Morgan fingerprint density at radius 1 is 1.08 bits per heavy atom. The summed E-state index contributed by atoms with van der Waals surface area (Å²) in [7, 11) is -3.70. The number of aromatic hydroxyl groups is 1. The third-order valence-electron chi connectivity index (χ3n) is 3.80. The third kappa shape index (κ3) is 5.77. The van der Waals surface area contributed by atoms with Crippen LogP contribution in [0.3, 0.4) is 0 Å². The van der Waals surface area contributed by atoms with E-state index in [-0.39, 0.29) is 10.6 Å². The largest absolute Gasteiger partial charge is 0.506 e. The predicted octanol–water partition coefficient (Wildman–Crippen LogP) is 3.41. The van der Waals surface area contributed by atoms with Gasteiger partial charge in [-0.15, -0.1) is 0 Å². The second kappa shape index (κ2) is 9.24. The first-order chi connectivity index (χ1) is 12.4. The van der Waals surface area contributed by atoms with Crippen LogP contribution in [0.2, 0.25) is 0 Å². The number of sulfone groups is 1. The highest BCUT2D eigenvalue weighted by Crippen LogP contribution is 2.27. The molecule has 0 heterocycles. The van der Waals surface area contributed by atoms with Crippen molar-refractivity contribution in [2.75, 3.05) is 22.9 Å². The summed E-state index contributed by atoms with van der Waals surface area (Å²) in [5.74, 6) is -1.31. The fraction of sp³-hybridized carbons (Fsp3) is 0.316. The number of anilines is 2. The van der Waals surface area contributed by atoms with Gasteiger partial charge in [-0.3, -0.25) is 4.79 Å². The number of hydrogen-bond donors (Lipinski definition) is 3. The summed E-state index contributed by atoms with van der Waals surface area (Å²) in [5, 5.41) is 15.7. The summed E-state index contributed by atoms with van der Waals surface area (Å²) in [6, 6.07) is 12.5. The average Bonchev–Trinajstić information content (AvgIpc) is 2.60. The maximum Gasteiger partial charge on any atom is 0.239 e. The van der Waals surface area contributed by atoms with E-state index in [0.29, 0.717) is 11.4 Å². The normalized spacial score (nSPS) is 11.1. The van der Waals surface area contributed by atoms with Crippen molar-refractivity contribution in [1.29, 1.82) is 0 Å². The highest BCUT2D eigenvalue weighted by atomic mass is 32.2. The Labute approximate surface area is 154 Å². The minimum Gasteiger partial charge on any atom is -0.506 e. The van der Waals surface area contributed by atoms with Crippen molar-refractivity contribution in [3.05, 3.63) is 48.5 Å². The van der Waals surface area contributed by atoms with Gasteiger partial charge in [-0.05, 0) is 30.7 Å². The molecule has 3 N–H and O–H groups in total. The van der Waals surface area contributed by atoms with Gasteiger partial charge in [0.1, 0.15) is 11.5 Å². The van der Waals surface area contributed by atoms with E-state index in [9.17, 15) is 18.3 Å². The number of phenolic OH excluding ortho intramolecular Hbond substituents is 1. The maximum atomic E-state index is 12.2. The summed E-state index contributed by atoms with van der Waals surface area (Å²) in [6.45, 7) is 2.87. The van der Waals surface area contributed by atoms with Gasteiger partial charge in [0.15, 0.2) is 9.84 Å². The van der Waals surface area contributed by atoms with Crippen molar-refractivity contribution in [1.82, 2.24) is 0 Å². The standard InChI is InChI=1S/C19H24N2O4S/c1-2-3-7-12-20-17-11-10-15(13-18(17)22)21-19(23)14-26(24,25)16-8-5-4-6-9-16/h4-6,8-11,13,20,22H,2-3,7,12,14H2,1H3,(H,21,23). The molecule has 0 unspecified atom stereocenters. The van der Waals surface area contributed by atoms with Crippen molar-refractivity contribution in [3.63, 3.8) is 0 Å². The molecule has 0 saturated carbocycles. The molecule has 0 aliphatic heterocycles. The summed E-state index contributed by atoms with van der Waals surface area (Å²) < 4.78 is 24.4. The van der Waals surface area contributed by atoms with Crippen LogP contribution in [0, 0.1) is 0 Å². The highest BCUT2D eigenvalue weighted by molar-refractivity contribution is 7.92. The Morgan fingerprint density at radius 2 is 1.81 bits per heavy atom. The molecule has 6 nitrogen and oxygen atoms in total. The Hall–Kier alpha value is -2.54. The van der Waals surface area contributed by atoms with E-state index in [0.717, 1.165) is 25.8 Å². The van der Waals surface area contributed by atoms with E-state index in [1.54, 1.807) is 30.3 Å². The first-order valence-electron chi connectivity index (χ1n) is 8.57. The number of carbonyl (C=O) groups excluding carboxylic acids is 1. The molecule has 2 aromatic rings. The van der Waals surface area contributed by atoms with E-state index < -0.39 is 21.5 Å². The summed E-state index contributed by atoms with van der Waals surface area (Å²) >= 11 is 0. The molecule has 2 aromatic carbocycles. The molecule has 26 heavy (non-hydrogen) atoms. The number of hydrogen-bond acceptors (Lipinski definition) is 5. The number of benzene rings is 2. The van der Waals surface area contributed by atoms with Crippen LogP contribution >= 0.6 is 0 Å². The molecular weight excluding hydrogens is 352 g/mol. The van der Waals surface area contributed by atoms with Gasteiger partial charge in [-0.1, -0.05) is 38.0 Å². The van der Waals surface area contributed by atoms with Gasteiger partial charge < -0.3 is 15.7 Å². The molecule has 0 aliphatic carbocycles. The number of rotatable bonds is 9. The van der Waals surface area contributed by atoms with Crippen molar-refractivity contribution >= 4 is 27.1 Å². The monoisotopic (exact) mass is 376 g/mol. The number of carbonyl (C=O) groups is 1. The zero-order valence-corrected chi connectivity index (χ0v) is 15.6. The van der Waals surface area contributed by atoms with Crippen molar-refractivity contribution in [2.45, 2.75) is 31.1 Å². The Bertz CT molecular complexity index is 836. The van der Waals surface area contributed by atoms with Crippen LogP contribution in [-0.2, 0) is 14.6 Å². The Morgan fingerprint density at radius 3 is 2.46 bits per heavy atom. The SMILES string of the molecule is CCCCCNc1ccc(NC(=O)CS(=O)(=O)c2ccccc2)cc1O. The molecule has 140 valence electrons. The zero-order valence-electron chi connectivity index (χ0n) is 14.7. The fourth-order valence-electron chi connectivity index (χ4n) is 2.44. The van der Waals surface area contributed by atoms with Crippen LogP contribution in [0.15, 0.2) is 53.4 Å². The smallest absolute Gasteiger partial charge is 0.239 e. The van der Waals surface area contributed by atoms with Crippen molar-refractivity contribution in [3.8, 4) is 5.75 Å². The van der Waals surface area contributed by atoms with Gasteiger partial charge in [-0.2, -0.15) is 0 Å². The molecule has 0 aliphatic rings. The van der Waals surface area contributed by atoms with Gasteiger partial charge >= 0.3 is 0 Å². The molecular formula is C19H24N2O4S. The number of amides is 1. The molecule has 0 radical (unpaired) electrons. The van der Waals surface area contributed by atoms with Crippen LogP contribution in [0.1, 0.15) is 26.2 Å². The minimum atomic E-state index is -3.70. The molecule has 0 aromatic heterocycles. The molecule has 0 bridgehead atoms. The zero-order chi connectivity index (χ0) is 19.0. The maximum absolute atomic E-state index is 12.2. The van der Waals surface area contributed by atoms with E-state index in [4.69, 9.17) is 0 Å². The number of unbranched alkanes of at least 4 members (excludes halogenated alkanes) is 2. The van der Waals surface area contributed by atoms with Gasteiger partial charge in [-0.25, -0.2) is 8.42 Å². The number of phenols is 1. The Balaban J connectivity index is 1.96. The second-order valence-electron chi connectivity index (χ2n) is 5.99. The van der Waals surface area contributed by atoms with Crippen LogP contribution in [0.25, 0.3) is 0 Å². The topological polar surface area (TPSA) is 95.5 Å². The molecule has 0 saturated heterocycles. The first-order valence-corrected chi connectivity index (χ1v) is 10.2. The van der Waals surface area contributed by atoms with E-state index in [1.165, 1.54) is 18.2 Å². The van der Waals surface area contributed by atoms with Gasteiger partial charge in [0.25, 0.3) is 0 Å². The lowest BCUT2D eigenvalue weighted by molar-refractivity contribution is -0.113. The average molecular weight is 376 g/mol. The van der Waals surface area contributed by atoms with Gasteiger partial charge in [0.05, 0.1) is 10.6 Å². The molecule has 1 amide bonds. The second-order valence-corrected chi connectivity index (χ2v) is 7.98. The molecule has 2 rings (SSSR count). The number of nitrogens with one attached hydrogen (secondary N) is 2. The minimum absolute atomic E-state index is 0.00483. The summed E-state index contributed by atoms with van der Waals surface area (Å²) in [6.07, 6.45) is 3.23. The van der Waals surface area contributed by atoms with E-state index >= 15 is 0 Å². The lowest BCUT2D eigenvalue weighted by Gasteiger charge is -2.11. The lowest BCUT2D eigenvalue weighted by atomic mass is 10.2. The quantitative estimate of drug-likeness (QED) is 0.460. The van der Waals surface area contributed by atoms with Crippen LogP contribution in [0.4, 0.5) is 11.4 Å². The summed E-state index contributed by atoms with van der Waals surface area (Å²) in [4.78, 5) is 12.2. The predicted molar refractivity (Wildman–Crippen MR) is 103 cm³/mol. The van der Waals surface area contributed by atoms with Gasteiger partial charge in [0, 0.05) is 18.3 Å². The van der Waals surface area contributed by atoms with E-state index in [2.05, 4.69) is 17.6 Å². The highest BCUT2D eigenvalue weighted by Gasteiger charge is 2.19. The van der Waals surface area contributed by atoms with Crippen LogP contribution < -0.4 is 10.6 Å². The van der Waals surface area contributed by atoms with Crippen molar-refractivity contribution in [2.24, 2.45) is 0 Å². The van der Waals surface area contributed by atoms with E-state index in [1.807, 2.05) is 0 Å². The first kappa shape index (κ1) is 19.8. The fourth-order valence-corrected chi connectivity index (χ4v) is 3.59. The summed E-state index contributed by atoms with van der Waals surface area (Å²) in [5.41, 5.74) is 0.922.